The Morgan fingerprint density at radius 3 is 2.38 bits per heavy atom. The van der Waals surface area contributed by atoms with E-state index in [9.17, 15) is 4.79 Å². The van der Waals surface area contributed by atoms with Crippen LogP contribution in [0.15, 0.2) is 0 Å². The largest absolute Gasteiger partial charge is 0.395 e. The molecule has 0 aromatic heterocycles. The number of carbonyl (C=O) groups is 1. The first-order chi connectivity index (χ1) is 6.13. The fourth-order valence-electron chi connectivity index (χ4n) is 0.977. The van der Waals surface area contributed by atoms with Gasteiger partial charge in [-0.15, -0.1) is 0 Å². The van der Waals surface area contributed by atoms with Crippen LogP contribution in [0.1, 0.15) is 19.8 Å². The average Bonchev–Trinajstić information content (AvgIpc) is 2.11. The number of hydrogen-bond acceptors (Lipinski definition) is 3. The molecule has 0 bridgehead atoms. The number of urea groups is 1. The molecule has 5 nitrogen and oxygen atoms in total. The lowest BCUT2D eigenvalue weighted by Crippen LogP contribution is -2.41. The molecule has 0 spiro atoms. The summed E-state index contributed by atoms with van der Waals surface area (Å²) in [5.74, 6) is 0. The van der Waals surface area contributed by atoms with Crippen LogP contribution in [0.4, 0.5) is 4.79 Å². The smallest absolute Gasteiger partial charge is 0.343 e. The Kier molecular flexibility index (Phi) is 6.26. The van der Waals surface area contributed by atoms with Gasteiger partial charge in [0, 0.05) is 20.1 Å². The molecule has 0 atom stereocenters. The highest BCUT2D eigenvalue weighted by molar-refractivity contribution is 5.72. The van der Waals surface area contributed by atoms with Crippen molar-refractivity contribution < 1.29 is 15.1 Å². The molecule has 2 amide bonds. The number of amides is 2. The Hall–Kier alpha value is -0.810. The summed E-state index contributed by atoms with van der Waals surface area (Å²) in [5, 5.41) is 18.1. The van der Waals surface area contributed by atoms with Crippen LogP contribution in [0.3, 0.4) is 0 Å². The number of carbonyl (C=O) groups excluding carboxylic acids is 1. The van der Waals surface area contributed by atoms with Crippen LogP contribution >= 0.6 is 0 Å². The topological polar surface area (TPSA) is 64.0 Å². The fraction of sp³-hybridized carbons (Fsp3) is 0.875. The minimum Gasteiger partial charge on any atom is -0.395 e. The van der Waals surface area contributed by atoms with Crippen molar-refractivity contribution >= 4 is 6.03 Å². The Morgan fingerprint density at radius 2 is 2.00 bits per heavy atom. The summed E-state index contributed by atoms with van der Waals surface area (Å²) in [6.45, 7) is 2.78. The van der Waals surface area contributed by atoms with Gasteiger partial charge in [-0.25, -0.2) is 9.86 Å². The predicted octanol–water partition coefficient (Wildman–Crippen LogP) is 0.522. The maximum Gasteiger partial charge on any atom is 0.343 e. The molecular weight excluding hydrogens is 172 g/mol. The van der Waals surface area contributed by atoms with Gasteiger partial charge in [-0.1, -0.05) is 13.3 Å². The van der Waals surface area contributed by atoms with Gasteiger partial charge in [-0.05, 0) is 6.42 Å². The number of aliphatic hydroxyl groups excluding tert-OH is 1. The number of aliphatic hydroxyl groups is 1. The van der Waals surface area contributed by atoms with E-state index in [1.807, 2.05) is 6.92 Å². The summed E-state index contributed by atoms with van der Waals surface area (Å²) in [5.41, 5.74) is 0. The van der Waals surface area contributed by atoms with Crippen LogP contribution in [0.25, 0.3) is 0 Å². The molecule has 0 saturated carbocycles. The zero-order chi connectivity index (χ0) is 10.3. The highest BCUT2D eigenvalue weighted by Gasteiger charge is 2.14. The van der Waals surface area contributed by atoms with Crippen molar-refractivity contribution in [2.45, 2.75) is 19.8 Å². The Labute approximate surface area is 78.5 Å². The molecule has 0 rings (SSSR count). The SMILES string of the molecule is CCCCN(CCO)C(=O)N(C)O. The molecule has 78 valence electrons. The molecule has 0 saturated heterocycles. The van der Waals surface area contributed by atoms with Crippen molar-refractivity contribution in [3.63, 3.8) is 0 Å². The summed E-state index contributed by atoms with van der Waals surface area (Å²) in [6.07, 6.45) is 1.85. The molecule has 5 heteroatoms. The van der Waals surface area contributed by atoms with Crippen LogP contribution in [0, 0.1) is 0 Å². The predicted molar refractivity (Wildman–Crippen MR) is 48.5 cm³/mol. The molecule has 0 aliphatic heterocycles. The van der Waals surface area contributed by atoms with Crippen LogP contribution in [0.2, 0.25) is 0 Å². The van der Waals surface area contributed by atoms with Crippen LogP contribution < -0.4 is 0 Å². The molecule has 0 unspecified atom stereocenters. The average molecular weight is 190 g/mol. The number of hydrogen-bond donors (Lipinski definition) is 2. The minimum absolute atomic E-state index is 0.0801. The first-order valence-electron chi connectivity index (χ1n) is 4.45. The molecule has 0 radical (unpaired) electrons. The van der Waals surface area contributed by atoms with E-state index in [-0.39, 0.29) is 13.2 Å². The summed E-state index contributed by atoms with van der Waals surface area (Å²) >= 11 is 0. The molecule has 0 aromatic rings. The van der Waals surface area contributed by atoms with Crippen molar-refractivity contribution in [3.8, 4) is 0 Å². The molecular formula is C8H18N2O3. The fourth-order valence-corrected chi connectivity index (χ4v) is 0.977. The lowest BCUT2D eigenvalue weighted by Gasteiger charge is -2.23. The van der Waals surface area contributed by atoms with Crippen molar-refractivity contribution in [2.75, 3.05) is 26.7 Å². The van der Waals surface area contributed by atoms with E-state index in [0.29, 0.717) is 11.6 Å². The Morgan fingerprint density at radius 1 is 1.38 bits per heavy atom. The molecule has 0 fully saturated rings. The highest BCUT2D eigenvalue weighted by atomic mass is 16.5. The van der Waals surface area contributed by atoms with E-state index >= 15 is 0 Å². The first-order valence-corrected chi connectivity index (χ1v) is 4.45. The Balaban J connectivity index is 3.99. The quantitative estimate of drug-likeness (QED) is 0.490. The molecule has 0 heterocycles. The molecule has 0 aliphatic rings. The van der Waals surface area contributed by atoms with Gasteiger partial charge in [-0.2, -0.15) is 0 Å². The third-order valence-electron chi connectivity index (χ3n) is 1.70. The van der Waals surface area contributed by atoms with Gasteiger partial charge < -0.3 is 10.0 Å². The number of nitrogens with zero attached hydrogens (tertiary/aromatic N) is 2. The number of unbranched alkanes of at least 4 members (excludes halogenated alkanes) is 1. The lowest BCUT2D eigenvalue weighted by molar-refractivity contribution is -0.0348. The van der Waals surface area contributed by atoms with Gasteiger partial charge in [0.05, 0.1) is 6.61 Å². The van der Waals surface area contributed by atoms with E-state index in [2.05, 4.69) is 0 Å². The maximum absolute atomic E-state index is 11.2. The van der Waals surface area contributed by atoms with Gasteiger partial charge in [-0.3, -0.25) is 5.21 Å². The van der Waals surface area contributed by atoms with E-state index < -0.39 is 6.03 Å². The molecule has 2 N–H and O–H groups in total. The van der Waals surface area contributed by atoms with E-state index in [4.69, 9.17) is 10.3 Å². The zero-order valence-corrected chi connectivity index (χ0v) is 8.23. The van der Waals surface area contributed by atoms with Gasteiger partial charge in [0.25, 0.3) is 0 Å². The first kappa shape index (κ1) is 12.2. The van der Waals surface area contributed by atoms with Crippen molar-refractivity contribution in [3.05, 3.63) is 0 Å². The number of rotatable bonds is 5. The van der Waals surface area contributed by atoms with Crippen molar-refractivity contribution in [1.82, 2.24) is 9.96 Å². The Bertz CT molecular complexity index is 150. The van der Waals surface area contributed by atoms with Crippen LogP contribution in [-0.4, -0.2) is 53.1 Å². The maximum atomic E-state index is 11.2. The summed E-state index contributed by atoms with van der Waals surface area (Å²) in [7, 11) is 1.28. The summed E-state index contributed by atoms with van der Waals surface area (Å²) in [6, 6.07) is -0.470. The zero-order valence-electron chi connectivity index (χ0n) is 8.23. The lowest BCUT2D eigenvalue weighted by atomic mass is 10.3. The second-order valence-electron chi connectivity index (χ2n) is 2.87. The monoisotopic (exact) mass is 190 g/mol. The van der Waals surface area contributed by atoms with Gasteiger partial charge in [0.2, 0.25) is 0 Å². The second-order valence-corrected chi connectivity index (χ2v) is 2.87. The van der Waals surface area contributed by atoms with Crippen molar-refractivity contribution in [1.29, 1.82) is 0 Å². The van der Waals surface area contributed by atoms with Crippen LogP contribution in [-0.2, 0) is 0 Å². The van der Waals surface area contributed by atoms with E-state index in [1.165, 1.54) is 11.9 Å². The minimum atomic E-state index is -0.470. The number of hydroxylamine groups is 2. The second kappa shape index (κ2) is 6.68. The van der Waals surface area contributed by atoms with Gasteiger partial charge in [0.15, 0.2) is 0 Å². The molecule has 13 heavy (non-hydrogen) atoms. The third-order valence-corrected chi connectivity index (χ3v) is 1.70. The molecule has 0 aliphatic carbocycles. The van der Waals surface area contributed by atoms with Gasteiger partial charge in [0.1, 0.15) is 0 Å². The molecule has 0 aromatic carbocycles. The van der Waals surface area contributed by atoms with Gasteiger partial charge >= 0.3 is 6.03 Å². The van der Waals surface area contributed by atoms with E-state index in [0.717, 1.165) is 12.8 Å². The van der Waals surface area contributed by atoms with Crippen molar-refractivity contribution in [2.24, 2.45) is 0 Å². The summed E-state index contributed by atoms with van der Waals surface area (Å²) in [4.78, 5) is 12.6. The standard InChI is InChI=1S/C8H18N2O3/c1-3-4-5-10(6-7-11)8(12)9(2)13/h11,13H,3-7H2,1-2H3. The summed E-state index contributed by atoms with van der Waals surface area (Å²) < 4.78 is 0. The highest BCUT2D eigenvalue weighted by Crippen LogP contribution is 1.98. The normalized spacial score (nSPS) is 9.85. The van der Waals surface area contributed by atoms with Crippen LogP contribution in [0.5, 0.6) is 0 Å². The van der Waals surface area contributed by atoms with E-state index in [1.54, 1.807) is 0 Å². The third kappa shape index (κ3) is 4.69.